The first kappa shape index (κ1) is 18.2. The summed E-state index contributed by atoms with van der Waals surface area (Å²) in [5.74, 6) is 6.05. The van der Waals surface area contributed by atoms with Crippen molar-refractivity contribution >= 4 is 28.8 Å². The molecule has 0 spiro atoms. The predicted octanol–water partition coefficient (Wildman–Crippen LogP) is 3.69. The summed E-state index contributed by atoms with van der Waals surface area (Å²) in [6.07, 6.45) is 4.02. The summed E-state index contributed by atoms with van der Waals surface area (Å²) in [6.45, 7) is 1.81. The van der Waals surface area contributed by atoms with E-state index in [0.717, 1.165) is 41.8 Å². The molecule has 1 heterocycles. The minimum Gasteiger partial charge on any atom is -0.344 e. The fraction of sp³-hybridized carbons (Fsp3) is 0.333. The van der Waals surface area contributed by atoms with Crippen molar-refractivity contribution in [2.75, 3.05) is 11.9 Å². The van der Waals surface area contributed by atoms with Gasteiger partial charge in [-0.25, -0.2) is 0 Å². The Morgan fingerprint density at radius 2 is 1.88 bits per heavy atom. The van der Waals surface area contributed by atoms with Crippen LogP contribution < -0.4 is 10.6 Å². The number of benzene rings is 1. The van der Waals surface area contributed by atoms with Crippen LogP contribution in [0.3, 0.4) is 0 Å². The molecule has 3 rings (SSSR count). The van der Waals surface area contributed by atoms with Gasteiger partial charge in [-0.2, -0.15) is 0 Å². The maximum Gasteiger partial charge on any atom is 0.232 e. The van der Waals surface area contributed by atoms with E-state index in [2.05, 4.69) is 28.5 Å². The zero-order chi connectivity index (χ0) is 18.4. The van der Waals surface area contributed by atoms with Gasteiger partial charge in [0.25, 0.3) is 0 Å². The Morgan fingerprint density at radius 3 is 2.50 bits per heavy atom. The van der Waals surface area contributed by atoms with E-state index in [1.165, 1.54) is 6.92 Å². The molecule has 1 fully saturated rings. The number of hydrogen-bond donors (Lipinski definition) is 2. The van der Waals surface area contributed by atoms with Crippen LogP contribution in [0, 0.1) is 11.8 Å². The number of anilines is 1. The highest BCUT2D eigenvalue weighted by Gasteiger charge is 2.43. The first-order chi connectivity index (χ1) is 12.6. The van der Waals surface area contributed by atoms with Gasteiger partial charge in [0, 0.05) is 23.1 Å². The van der Waals surface area contributed by atoms with E-state index in [4.69, 9.17) is 0 Å². The second kappa shape index (κ2) is 8.20. The van der Waals surface area contributed by atoms with Crippen molar-refractivity contribution in [1.29, 1.82) is 0 Å². The molecule has 2 amide bonds. The van der Waals surface area contributed by atoms with Crippen LogP contribution in [0.2, 0.25) is 0 Å². The molecule has 0 radical (unpaired) electrons. The Labute approximate surface area is 158 Å². The second-order valence-electron chi connectivity index (χ2n) is 6.51. The number of hydrogen-bond acceptors (Lipinski definition) is 3. The third kappa shape index (κ3) is 4.14. The topological polar surface area (TPSA) is 58.2 Å². The summed E-state index contributed by atoms with van der Waals surface area (Å²) >= 11 is 1.66. The Hall–Kier alpha value is -2.58. The van der Waals surface area contributed by atoms with E-state index in [1.807, 2.05) is 35.7 Å². The highest BCUT2D eigenvalue weighted by Crippen LogP contribution is 2.43. The fourth-order valence-corrected chi connectivity index (χ4v) is 4.38. The smallest absolute Gasteiger partial charge is 0.232 e. The molecular formula is C21H22N2O2S. The number of nitrogens with one attached hydrogen (secondary N) is 2. The minimum absolute atomic E-state index is 0.0905. The summed E-state index contributed by atoms with van der Waals surface area (Å²) < 4.78 is 0. The van der Waals surface area contributed by atoms with Gasteiger partial charge in [0.1, 0.15) is 0 Å². The van der Waals surface area contributed by atoms with Gasteiger partial charge in [-0.1, -0.05) is 30.7 Å². The number of rotatable bonds is 4. The molecule has 1 aliphatic carbocycles. The van der Waals surface area contributed by atoms with Gasteiger partial charge in [0.2, 0.25) is 11.8 Å². The lowest BCUT2D eigenvalue weighted by Gasteiger charge is -2.26. The summed E-state index contributed by atoms with van der Waals surface area (Å²) in [5, 5.41) is 7.75. The van der Waals surface area contributed by atoms with Gasteiger partial charge in [-0.05, 0) is 48.6 Å². The van der Waals surface area contributed by atoms with Gasteiger partial charge in [-0.15, -0.1) is 11.3 Å². The molecule has 1 aromatic heterocycles. The molecule has 0 bridgehead atoms. The van der Waals surface area contributed by atoms with Crippen LogP contribution in [-0.4, -0.2) is 18.4 Å². The van der Waals surface area contributed by atoms with Gasteiger partial charge in [-0.3, -0.25) is 9.59 Å². The Balaban J connectivity index is 1.59. The minimum atomic E-state index is -0.365. The first-order valence-corrected chi connectivity index (χ1v) is 9.67. The number of amides is 2. The third-order valence-electron chi connectivity index (χ3n) is 4.66. The SMILES string of the molecule is CC(=O)Nc1ccc(C#CCNC(=O)C2(c3cccs3)CCCC2)cc1. The maximum absolute atomic E-state index is 12.8. The van der Waals surface area contributed by atoms with Gasteiger partial charge >= 0.3 is 0 Å². The lowest BCUT2D eigenvalue weighted by molar-refractivity contribution is -0.126. The molecule has 1 saturated carbocycles. The Bertz CT molecular complexity index is 823. The van der Waals surface area contributed by atoms with Crippen molar-refractivity contribution in [2.24, 2.45) is 0 Å². The third-order valence-corrected chi connectivity index (χ3v) is 5.73. The lowest BCUT2D eigenvalue weighted by atomic mass is 9.83. The van der Waals surface area contributed by atoms with Crippen molar-refractivity contribution in [3.05, 3.63) is 52.2 Å². The molecule has 1 aromatic carbocycles. The number of carbonyl (C=O) groups is 2. The highest BCUT2D eigenvalue weighted by molar-refractivity contribution is 7.10. The van der Waals surface area contributed by atoms with Crippen molar-refractivity contribution in [3.8, 4) is 11.8 Å². The highest BCUT2D eigenvalue weighted by atomic mass is 32.1. The Kier molecular flexibility index (Phi) is 5.75. The largest absolute Gasteiger partial charge is 0.344 e. The van der Waals surface area contributed by atoms with Crippen molar-refractivity contribution in [3.63, 3.8) is 0 Å². The van der Waals surface area contributed by atoms with Gasteiger partial charge in [0.15, 0.2) is 0 Å². The van der Waals surface area contributed by atoms with Crippen LogP contribution in [0.25, 0.3) is 0 Å². The molecule has 0 unspecified atom stereocenters. The zero-order valence-corrected chi connectivity index (χ0v) is 15.6. The molecule has 26 heavy (non-hydrogen) atoms. The van der Waals surface area contributed by atoms with Crippen molar-refractivity contribution in [2.45, 2.75) is 38.0 Å². The number of thiophene rings is 1. The van der Waals surface area contributed by atoms with E-state index in [9.17, 15) is 9.59 Å². The molecule has 1 aliphatic rings. The predicted molar refractivity (Wildman–Crippen MR) is 105 cm³/mol. The number of carbonyl (C=O) groups excluding carboxylic acids is 2. The maximum atomic E-state index is 12.8. The van der Waals surface area contributed by atoms with E-state index < -0.39 is 0 Å². The zero-order valence-electron chi connectivity index (χ0n) is 14.8. The standard InChI is InChI=1S/C21H22N2O2S/c1-16(24)23-18-10-8-17(9-11-18)6-4-14-22-20(25)21(12-2-3-13-21)19-7-5-15-26-19/h5,7-11,15H,2-3,12-14H2,1H3,(H,22,25)(H,23,24). The molecule has 4 nitrogen and oxygen atoms in total. The molecule has 134 valence electrons. The summed E-state index contributed by atoms with van der Waals surface area (Å²) in [6, 6.07) is 11.4. The van der Waals surface area contributed by atoms with Crippen LogP contribution >= 0.6 is 11.3 Å². The van der Waals surface area contributed by atoms with Gasteiger partial charge in [0.05, 0.1) is 12.0 Å². The summed E-state index contributed by atoms with van der Waals surface area (Å²) in [7, 11) is 0. The van der Waals surface area contributed by atoms with Crippen LogP contribution in [0.5, 0.6) is 0 Å². The van der Waals surface area contributed by atoms with Gasteiger partial charge < -0.3 is 10.6 Å². The average Bonchev–Trinajstić information content (AvgIpc) is 3.31. The van der Waals surface area contributed by atoms with E-state index in [1.54, 1.807) is 11.3 Å². The molecule has 2 aromatic rings. The van der Waals surface area contributed by atoms with E-state index in [0.29, 0.717) is 6.54 Å². The lowest BCUT2D eigenvalue weighted by Crippen LogP contribution is -2.42. The normalized spacial score (nSPS) is 15.0. The van der Waals surface area contributed by atoms with Crippen LogP contribution in [-0.2, 0) is 15.0 Å². The summed E-state index contributed by atoms with van der Waals surface area (Å²) in [4.78, 5) is 25.0. The van der Waals surface area contributed by atoms with Crippen molar-refractivity contribution < 1.29 is 9.59 Å². The molecular weight excluding hydrogens is 344 g/mol. The van der Waals surface area contributed by atoms with Crippen LogP contribution in [0.1, 0.15) is 43.0 Å². The average molecular weight is 366 g/mol. The fourth-order valence-electron chi connectivity index (χ4n) is 3.39. The molecule has 0 aliphatic heterocycles. The first-order valence-electron chi connectivity index (χ1n) is 8.79. The van der Waals surface area contributed by atoms with Crippen LogP contribution in [0.4, 0.5) is 5.69 Å². The molecule has 0 atom stereocenters. The molecule has 5 heteroatoms. The summed E-state index contributed by atoms with van der Waals surface area (Å²) in [5.41, 5.74) is 1.23. The second-order valence-corrected chi connectivity index (χ2v) is 7.46. The van der Waals surface area contributed by atoms with E-state index in [-0.39, 0.29) is 17.2 Å². The quantitative estimate of drug-likeness (QED) is 0.811. The van der Waals surface area contributed by atoms with E-state index >= 15 is 0 Å². The van der Waals surface area contributed by atoms with Crippen LogP contribution in [0.15, 0.2) is 41.8 Å². The molecule has 2 N–H and O–H groups in total. The monoisotopic (exact) mass is 366 g/mol. The Morgan fingerprint density at radius 1 is 1.15 bits per heavy atom. The molecule has 0 saturated heterocycles. The van der Waals surface area contributed by atoms with Crippen molar-refractivity contribution in [1.82, 2.24) is 5.32 Å².